The molecule has 3 amide bonds. The first-order valence-corrected chi connectivity index (χ1v) is 8.29. The van der Waals surface area contributed by atoms with E-state index in [1.54, 1.807) is 12.1 Å². The molecule has 29 heavy (non-hydrogen) atoms. The molecular formula is C19H13F3N2O5. The van der Waals surface area contributed by atoms with Crippen molar-refractivity contribution in [3.63, 3.8) is 0 Å². The molecule has 7 nitrogen and oxygen atoms in total. The molecule has 0 saturated carbocycles. The number of amides is 3. The van der Waals surface area contributed by atoms with Gasteiger partial charge < -0.3 is 10.1 Å². The number of hydrogen-bond donors (Lipinski definition) is 1. The summed E-state index contributed by atoms with van der Waals surface area (Å²) in [5, 5.41) is 1.93. The van der Waals surface area contributed by atoms with Gasteiger partial charge in [-0.05, 0) is 31.2 Å². The number of fused-ring (bicyclic) bond motifs is 1. The highest BCUT2D eigenvalue weighted by atomic mass is 19.2. The van der Waals surface area contributed by atoms with Crippen LogP contribution in [0.25, 0.3) is 0 Å². The van der Waals surface area contributed by atoms with Crippen molar-refractivity contribution < 1.29 is 37.1 Å². The number of rotatable bonds is 5. The van der Waals surface area contributed by atoms with Crippen molar-refractivity contribution in [1.82, 2.24) is 4.90 Å². The molecule has 0 bridgehead atoms. The van der Waals surface area contributed by atoms with Crippen molar-refractivity contribution in [3.8, 4) is 0 Å². The van der Waals surface area contributed by atoms with Crippen LogP contribution in [-0.2, 0) is 14.3 Å². The molecular weight excluding hydrogens is 393 g/mol. The summed E-state index contributed by atoms with van der Waals surface area (Å²) in [4.78, 5) is 49.3. The zero-order chi connectivity index (χ0) is 21.3. The predicted molar refractivity (Wildman–Crippen MR) is 92.3 cm³/mol. The normalized spacial score (nSPS) is 13.9. The fourth-order valence-corrected chi connectivity index (χ4v) is 2.73. The Morgan fingerprint density at radius 3 is 2.17 bits per heavy atom. The molecule has 0 spiro atoms. The summed E-state index contributed by atoms with van der Waals surface area (Å²) >= 11 is 0. The van der Waals surface area contributed by atoms with E-state index >= 15 is 0 Å². The van der Waals surface area contributed by atoms with Crippen LogP contribution in [0.2, 0.25) is 0 Å². The molecule has 3 rings (SSSR count). The Morgan fingerprint density at radius 2 is 1.59 bits per heavy atom. The predicted octanol–water partition coefficient (Wildman–Crippen LogP) is 2.27. The quantitative estimate of drug-likeness (QED) is 0.467. The molecule has 10 heteroatoms. The maximum atomic E-state index is 13.6. The molecule has 0 unspecified atom stereocenters. The van der Waals surface area contributed by atoms with Gasteiger partial charge in [0.2, 0.25) is 0 Å². The zero-order valence-electron chi connectivity index (χ0n) is 14.9. The zero-order valence-corrected chi connectivity index (χ0v) is 14.9. The van der Waals surface area contributed by atoms with Gasteiger partial charge in [0.1, 0.15) is 6.04 Å². The minimum absolute atomic E-state index is 0.142. The number of nitrogens with one attached hydrogen (secondary N) is 1. The molecule has 0 radical (unpaired) electrons. The number of halogens is 3. The SMILES string of the molecule is C[C@@H](C(=O)OCC(=O)Nc1ccc(F)c(F)c1F)N1C(=O)c2ccccc2C1=O. The lowest BCUT2D eigenvalue weighted by Crippen LogP contribution is -2.44. The third-order valence-corrected chi connectivity index (χ3v) is 4.21. The van der Waals surface area contributed by atoms with Gasteiger partial charge in [0.15, 0.2) is 24.1 Å². The van der Waals surface area contributed by atoms with Gasteiger partial charge in [0.25, 0.3) is 17.7 Å². The first kappa shape index (κ1) is 20.1. The Hall–Kier alpha value is -3.69. The molecule has 0 aromatic heterocycles. The van der Waals surface area contributed by atoms with E-state index in [2.05, 4.69) is 0 Å². The summed E-state index contributed by atoms with van der Waals surface area (Å²) in [6.45, 7) is 0.349. The Balaban J connectivity index is 1.61. The Kier molecular flexibility index (Phi) is 5.35. The second-order valence-electron chi connectivity index (χ2n) is 6.08. The number of ether oxygens (including phenoxy) is 1. The summed E-state index contributed by atoms with van der Waals surface area (Å²) < 4.78 is 44.4. The highest BCUT2D eigenvalue weighted by molar-refractivity contribution is 6.22. The topological polar surface area (TPSA) is 92.8 Å². The van der Waals surface area contributed by atoms with Crippen molar-refractivity contribution in [1.29, 1.82) is 0 Å². The third-order valence-electron chi connectivity index (χ3n) is 4.21. The minimum Gasteiger partial charge on any atom is -0.454 e. The van der Waals surface area contributed by atoms with E-state index < -0.39 is 59.5 Å². The van der Waals surface area contributed by atoms with Crippen molar-refractivity contribution in [2.75, 3.05) is 11.9 Å². The standard InChI is InChI=1S/C19H13F3N2O5/c1-9(24-17(26)10-4-2-3-5-11(10)18(24)27)19(28)29-8-14(25)23-13-7-6-12(20)15(21)16(13)22/h2-7,9H,8H2,1H3,(H,23,25)/t9-/m0/s1. The van der Waals surface area contributed by atoms with Gasteiger partial charge in [0, 0.05) is 0 Å². The van der Waals surface area contributed by atoms with Gasteiger partial charge in [-0.3, -0.25) is 19.3 Å². The van der Waals surface area contributed by atoms with E-state index in [9.17, 15) is 32.3 Å². The molecule has 1 heterocycles. The maximum absolute atomic E-state index is 13.6. The van der Waals surface area contributed by atoms with Crippen LogP contribution in [0.5, 0.6) is 0 Å². The van der Waals surface area contributed by atoms with Gasteiger partial charge in [-0.25, -0.2) is 18.0 Å². The number of esters is 1. The van der Waals surface area contributed by atoms with Crippen LogP contribution < -0.4 is 5.32 Å². The number of benzene rings is 2. The van der Waals surface area contributed by atoms with Crippen LogP contribution in [0.15, 0.2) is 36.4 Å². The molecule has 0 saturated heterocycles. The van der Waals surface area contributed by atoms with Crippen molar-refractivity contribution in [2.24, 2.45) is 0 Å². The molecule has 1 N–H and O–H groups in total. The largest absolute Gasteiger partial charge is 0.454 e. The monoisotopic (exact) mass is 406 g/mol. The van der Waals surface area contributed by atoms with Crippen LogP contribution >= 0.6 is 0 Å². The molecule has 1 aliphatic heterocycles. The molecule has 1 atom stereocenters. The summed E-state index contributed by atoms with van der Waals surface area (Å²) in [5.74, 6) is -8.24. The third kappa shape index (κ3) is 3.68. The van der Waals surface area contributed by atoms with Crippen molar-refractivity contribution in [2.45, 2.75) is 13.0 Å². The lowest BCUT2D eigenvalue weighted by molar-refractivity contribution is -0.150. The fourth-order valence-electron chi connectivity index (χ4n) is 2.73. The van der Waals surface area contributed by atoms with E-state index in [0.717, 1.165) is 6.07 Å². The van der Waals surface area contributed by atoms with Gasteiger partial charge >= 0.3 is 5.97 Å². The number of nitrogens with zero attached hydrogens (tertiary/aromatic N) is 1. The summed E-state index contributed by atoms with van der Waals surface area (Å²) in [7, 11) is 0. The maximum Gasteiger partial charge on any atom is 0.329 e. The van der Waals surface area contributed by atoms with Crippen LogP contribution in [0.3, 0.4) is 0 Å². The molecule has 1 aliphatic rings. The number of carbonyl (C=O) groups excluding carboxylic acids is 4. The summed E-state index contributed by atoms with van der Waals surface area (Å²) in [6.07, 6.45) is 0. The van der Waals surface area contributed by atoms with Crippen LogP contribution in [-0.4, -0.2) is 41.2 Å². The Bertz CT molecular complexity index is 1010. The van der Waals surface area contributed by atoms with E-state index in [1.165, 1.54) is 19.1 Å². The Morgan fingerprint density at radius 1 is 1.00 bits per heavy atom. The first-order valence-electron chi connectivity index (χ1n) is 8.29. The van der Waals surface area contributed by atoms with Gasteiger partial charge in [-0.2, -0.15) is 0 Å². The fraction of sp³-hybridized carbons (Fsp3) is 0.158. The van der Waals surface area contributed by atoms with E-state index in [0.29, 0.717) is 11.0 Å². The molecule has 2 aromatic carbocycles. The molecule has 2 aromatic rings. The van der Waals surface area contributed by atoms with Gasteiger partial charge in [-0.1, -0.05) is 12.1 Å². The highest BCUT2D eigenvalue weighted by Crippen LogP contribution is 2.25. The van der Waals surface area contributed by atoms with Gasteiger partial charge in [0.05, 0.1) is 16.8 Å². The average Bonchev–Trinajstić information content (AvgIpc) is 2.96. The van der Waals surface area contributed by atoms with Crippen LogP contribution in [0.4, 0.5) is 18.9 Å². The lowest BCUT2D eigenvalue weighted by atomic mass is 10.1. The molecule has 0 aliphatic carbocycles. The second-order valence-corrected chi connectivity index (χ2v) is 6.08. The molecule has 0 fully saturated rings. The van der Waals surface area contributed by atoms with Crippen LogP contribution in [0, 0.1) is 17.5 Å². The van der Waals surface area contributed by atoms with E-state index in [-0.39, 0.29) is 11.1 Å². The van der Waals surface area contributed by atoms with E-state index in [4.69, 9.17) is 4.74 Å². The smallest absolute Gasteiger partial charge is 0.329 e. The molecule has 150 valence electrons. The second kappa shape index (κ2) is 7.74. The number of carbonyl (C=O) groups is 4. The number of hydrogen-bond acceptors (Lipinski definition) is 5. The average molecular weight is 406 g/mol. The van der Waals surface area contributed by atoms with Gasteiger partial charge in [-0.15, -0.1) is 0 Å². The summed E-state index contributed by atoms with van der Waals surface area (Å²) in [5.41, 5.74) is -0.356. The first-order chi connectivity index (χ1) is 13.7. The highest BCUT2D eigenvalue weighted by Gasteiger charge is 2.41. The summed E-state index contributed by atoms with van der Waals surface area (Å²) in [6, 6.07) is 6.11. The van der Waals surface area contributed by atoms with Crippen LogP contribution in [0.1, 0.15) is 27.6 Å². The number of imide groups is 1. The lowest BCUT2D eigenvalue weighted by Gasteiger charge is -2.20. The van der Waals surface area contributed by atoms with Crippen molar-refractivity contribution >= 4 is 29.4 Å². The Labute approximate surface area is 162 Å². The number of anilines is 1. The minimum atomic E-state index is -1.76. The van der Waals surface area contributed by atoms with Crippen molar-refractivity contribution in [3.05, 3.63) is 65.0 Å². The van der Waals surface area contributed by atoms with E-state index in [1.807, 2.05) is 5.32 Å².